The van der Waals surface area contributed by atoms with E-state index in [1.54, 1.807) is 0 Å². The number of aliphatic hydroxyl groups is 4. The van der Waals surface area contributed by atoms with Crippen molar-refractivity contribution < 1.29 is 54.7 Å². The van der Waals surface area contributed by atoms with Crippen molar-refractivity contribution in [2.75, 3.05) is 6.61 Å². The van der Waals surface area contributed by atoms with Gasteiger partial charge in [0.1, 0.15) is 40.8 Å². The molecular weight excluding hydrogens is 444 g/mol. The van der Waals surface area contributed by atoms with Crippen LogP contribution in [0.15, 0.2) is 39.5 Å². The quantitative estimate of drug-likeness (QED) is 0.229. The number of hydrogen-bond acceptors (Lipinski definition) is 12. The van der Waals surface area contributed by atoms with Crippen LogP contribution in [0.25, 0.3) is 22.3 Å². The first-order valence-corrected chi connectivity index (χ1v) is 9.64. The van der Waals surface area contributed by atoms with Crippen LogP contribution in [0.2, 0.25) is 0 Å². The van der Waals surface area contributed by atoms with Crippen molar-refractivity contribution in [3.63, 3.8) is 0 Å². The largest absolute Gasteiger partial charge is 0.508 e. The van der Waals surface area contributed by atoms with Crippen LogP contribution in [0.5, 0.6) is 28.7 Å². The molecule has 0 saturated carbocycles. The molecule has 1 aromatic heterocycles. The average molecular weight is 464 g/mol. The van der Waals surface area contributed by atoms with Gasteiger partial charge in [0.05, 0.1) is 6.61 Å². The van der Waals surface area contributed by atoms with E-state index >= 15 is 0 Å². The first-order chi connectivity index (χ1) is 15.6. The Morgan fingerprint density at radius 2 is 1.64 bits per heavy atom. The Kier molecular flexibility index (Phi) is 5.78. The van der Waals surface area contributed by atoms with Crippen LogP contribution in [0, 0.1) is 0 Å². The van der Waals surface area contributed by atoms with Crippen molar-refractivity contribution in [3.8, 4) is 40.1 Å². The van der Waals surface area contributed by atoms with E-state index in [0.29, 0.717) is 0 Å². The molecule has 12 nitrogen and oxygen atoms in total. The molecule has 2 aromatic carbocycles. The van der Waals surface area contributed by atoms with Gasteiger partial charge in [0.25, 0.3) is 0 Å². The summed E-state index contributed by atoms with van der Waals surface area (Å²) in [6, 6.07) is 5.33. The summed E-state index contributed by atoms with van der Waals surface area (Å²) in [5.74, 6) is -3.10. The SMILES string of the molecule is O=c1c(O[C@H]2[C@H](O)[C@H](O)[C@H](CO)O[C@@H]2O)c(-c2ccc(O)c(O)c2)oc2cc(O)cc(O)c12. The molecule has 0 spiro atoms. The third-order valence-electron chi connectivity index (χ3n) is 5.25. The molecule has 176 valence electrons. The number of phenolic OH excluding ortho intramolecular Hbond substituents is 4. The summed E-state index contributed by atoms with van der Waals surface area (Å²) >= 11 is 0. The molecule has 1 aliphatic rings. The van der Waals surface area contributed by atoms with E-state index in [9.17, 15) is 45.6 Å². The molecule has 1 aliphatic heterocycles. The molecule has 12 heteroatoms. The molecule has 0 radical (unpaired) electrons. The number of ether oxygens (including phenoxy) is 2. The summed E-state index contributed by atoms with van der Waals surface area (Å²) in [4.78, 5) is 13.3. The maximum Gasteiger partial charge on any atom is 0.239 e. The normalized spacial score (nSPS) is 25.3. The lowest BCUT2D eigenvalue weighted by Crippen LogP contribution is -2.60. The molecule has 5 atom stereocenters. The van der Waals surface area contributed by atoms with Gasteiger partial charge in [-0.15, -0.1) is 0 Å². The van der Waals surface area contributed by atoms with Crippen LogP contribution in [-0.4, -0.2) is 78.2 Å². The monoisotopic (exact) mass is 464 g/mol. The lowest BCUT2D eigenvalue weighted by atomic mass is 9.99. The zero-order valence-electron chi connectivity index (χ0n) is 16.7. The van der Waals surface area contributed by atoms with Gasteiger partial charge in [0.2, 0.25) is 11.2 Å². The standard InChI is InChI=1S/C21H20O12/c22-6-13-15(27)17(29)20(21(30)32-13)33-19-16(28)14-11(26)4-8(23)5-12(14)31-18(19)7-1-2-9(24)10(25)3-7/h1-5,13,15,17,20-27,29-30H,6H2/t13-,15+,17+,20-,21-/m0/s1. The summed E-state index contributed by atoms with van der Waals surface area (Å²) in [7, 11) is 0. The third-order valence-corrected chi connectivity index (χ3v) is 5.25. The Bertz CT molecular complexity index is 1250. The number of fused-ring (bicyclic) bond motifs is 1. The van der Waals surface area contributed by atoms with Crippen LogP contribution in [0.4, 0.5) is 0 Å². The van der Waals surface area contributed by atoms with Crippen molar-refractivity contribution in [2.45, 2.75) is 30.7 Å². The third kappa shape index (κ3) is 3.90. The molecule has 0 aliphatic carbocycles. The van der Waals surface area contributed by atoms with Crippen molar-refractivity contribution in [1.29, 1.82) is 0 Å². The fourth-order valence-electron chi connectivity index (χ4n) is 3.57. The number of hydrogen-bond donors (Lipinski definition) is 8. The summed E-state index contributed by atoms with van der Waals surface area (Å²) in [5.41, 5.74) is -1.22. The fraction of sp³-hybridized carbons (Fsp3) is 0.286. The Morgan fingerprint density at radius 1 is 0.909 bits per heavy atom. The topological polar surface area (TPSA) is 211 Å². The van der Waals surface area contributed by atoms with Crippen LogP contribution in [0.1, 0.15) is 0 Å². The van der Waals surface area contributed by atoms with Crippen LogP contribution in [0.3, 0.4) is 0 Å². The van der Waals surface area contributed by atoms with Crippen molar-refractivity contribution in [1.82, 2.24) is 0 Å². The van der Waals surface area contributed by atoms with Crippen molar-refractivity contribution in [2.24, 2.45) is 0 Å². The molecule has 8 N–H and O–H groups in total. The van der Waals surface area contributed by atoms with Crippen LogP contribution < -0.4 is 10.2 Å². The highest BCUT2D eigenvalue weighted by molar-refractivity contribution is 5.88. The Hall–Kier alpha value is -3.55. The van der Waals surface area contributed by atoms with Crippen molar-refractivity contribution >= 4 is 11.0 Å². The van der Waals surface area contributed by atoms with E-state index in [0.717, 1.165) is 24.3 Å². The lowest BCUT2D eigenvalue weighted by Gasteiger charge is -2.39. The zero-order chi connectivity index (χ0) is 24.0. The second kappa shape index (κ2) is 8.42. The minimum Gasteiger partial charge on any atom is -0.508 e. The summed E-state index contributed by atoms with van der Waals surface area (Å²) < 4.78 is 16.2. The van der Waals surface area contributed by atoms with Crippen LogP contribution in [-0.2, 0) is 4.74 Å². The molecule has 0 amide bonds. The molecule has 2 heterocycles. The van der Waals surface area contributed by atoms with Gasteiger partial charge in [0.15, 0.2) is 29.7 Å². The Balaban J connectivity index is 1.91. The molecule has 33 heavy (non-hydrogen) atoms. The smallest absolute Gasteiger partial charge is 0.239 e. The van der Waals surface area contributed by atoms with E-state index in [1.165, 1.54) is 6.07 Å². The second-order valence-electron chi connectivity index (χ2n) is 7.44. The van der Waals surface area contributed by atoms with Crippen LogP contribution >= 0.6 is 0 Å². The first-order valence-electron chi connectivity index (χ1n) is 9.64. The maximum atomic E-state index is 13.3. The molecule has 0 unspecified atom stereocenters. The number of aromatic hydroxyl groups is 4. The van der Waals surface area contributed by atoms with Crippen molar-refractivity contribution in [3.05, 3.63) is 40.6 Å². The van der Waals surface area contributed by atoms with E-state index in [2.05, 4.69) is 0 Å². The van der Waals surface area contributed by atoms with E-state index < -0.39 is 76.9 Å². The molecule has 1 saturated heterocycles. The van der Waals surface area contributed by atoms with Gasteiger partial charge < -0.3 is 54.7 Å². The predicted molar refractivity (Wildman–Crippen MR) is 109 cm³/mol. The number of rotatable bonds is 4. The molecule has 0 bridgehead atoms. The Morgan fingerprint density at radius 3 is 2.30 bits per heavy atom. The molecular formula is C21H20O12. The first kappa shape index (κ1) is 22.6. The summed E-state index contributed by atoms with van der Waals surface area (Å²) in [5, 5.41) is 79.0. The minimum absolute atomic E-state index is 0.0108. The van der Waals surface area contributed by atoms with E-state index in [4.69, 9.17) is 13.9 Å². The van der Waals surface area contributed by atoms with E-state index in [1.807, 2.05) is 0 Å². The molecule has 1 fully saturated rings. The number of aliphatic hydroxyl groups excluding tert-OH is 4. The van der Waals surface area contributed by atoms with Gasteiger partial charge >= 0.3 is 0 Å². The second-order valence-corrected chi connectivity index (χ2v) is 7.44. The number of phenols is 4. The lowest BCUT2D eigenvalue weighted by molar-refractivity contribution is -0.280. The highest BCUT2D eigenvalue weighted by atomic mass is 16.7. The van der Waals surface area contributed by atoms with Gasteiger partial charge in [-0.1, -0.05) is 0 Å². The van der Waals surface area contributed by atoms with Gasteiger partial charge in [0, 0.05) is 17.7 Å². The van der Waals surface area contributed by atoms with Gasteiger partial charge in [-0.25, -0.2) is 0 Å². The van der Waals surface area contributed by atoms with Gasteiger partial charge in [-0.2, -0.15) is 0 Å². The fourth-order valence-corrected chi connectivity index (χ4v) is 3.57. The predicted octanol–water partition coefficient (Wildman–Crippen LogP) is -0.539. The minimum atomic E-state index is -1.88. The Labute approximate surface area is 184 Å². The molecule has 3 aromatic rings. The highest BCUT2D eigenvalue weighted by Gasteiger charge is 2.46. The average Bonchev–Trinajstić information content (AvgIpc) is 2.76. The maximum absolute atomic E-state index is 13.3. The zero-order valence-corrected chi connectivity index (χ0v) is 16.7. The van der Waals surface area contributed by atoms with Gasteiger partial charge in [-0.3, -0.25) is 4.79 Å². The summed E-state index contributed by atoms with van der Waals surface area (Å²) in [6.45, 7) is -0.713. The van der Waals surface area contributed by atoms with Gasteiger partial charge in [-0.05, 0) is 18.2 Å². The summed E-state index contributed by atoms with van der Waals surface area (Å²) in [6.07, 6.45) is -8.42. The number of benzene rings is 2. The van der Waals surface area contributed by atoms with E-state index in [-0.39, 0.29) is 16.9 Å². The molecule has 4 rings (SSSR count). The highest BCUT2D eigenvalue weighted by Crippen LogP contribution is 2.39.